The van der Waals surface area contributed by atoms with Crippen LogP contribution in [0.15, 0.2) is 48.5 Å². The molecule has 0 aromatic heterocycles. The van der Waals surface area contributed by atoms with E-state index in [9.17, 15) is 9.59 Å². The first-order valence-corrected chi connectivity index (χ1v) is 8.36. The molecule has 1 aliphatic heterocycles. The summed E-state index contributed by atoms with van der Waals surface area (Å²) in [5.74, 6) is 0.805. The number of benzene rings is 2. The molecule has 0 bridgehead atoms. The molecule has 25 heavy (non-hydrogen) atoms. The van der Waals surface area contributed by atoms with E-state index in [2.05, 4.69) is 5.32 Å². The highest BCUT2D eigenvalue weighted by Gasteiger charge is 2.30. The smallest absolute Gasteiger partial charge is 0.251 e. The van der Waals surface area contributed by atoms with Gasteiger partial charge in [0.25, 0.3) is 5.91 Å². The Kier molecular flexibility index (Phi) is 5.03. The maximum Gasteiger partial charge on any atom is 0.251 e. The van der Waals surface area contributed by atoms with Gasteiger partial charge in [-0.2, -0.15) is 0 Å². The second-order valence-electron chi connectivity index (χ2n) is 6.35. The average molecular weight is 338 g/mol. The number of rotatable bonds is 5. The Morgan fingerprint density at radius 3 is 2.48 bits per heavy atom. The molecule has 1 saturated heterocycles. The van der Waals surface area contributed by atoms with Crippen molar-refractivity contribution in [3.05, 3.63) is 59.7 Å². The number of aryl methyl sites for hydroxylation is 1. The lowest BCUT2D eigenvalue weighted by molar-refractivity contribution is -0.117. The molecule has 0 spiro atoms. The highest BCUT2D eigenvalue weighted by Crippen LogP contribution is 2.25. The Morgan fingerprint density at radius 1 is 1.16 bits per heavy atom. The van der Waals surface area contributed by atoms with Crippen molar-refractivity contribution in [1.82, 2.24) is 5.32 Å². The fourth-order valence-corrected chi connectivity index (χ4v) is 2.97. The molecule has 0 saturated carbocycles. The molecule has 130 valence electrons. The summed E-state index contributed by atoms with van der Waals surface area (Å²) in [5, 5.41) is 2.92. The van der Waals surface area contributed by atoms with Crippen molar-refractivity contribution in [2.75, 3.05) is 25.1 Å². The third-order valence-corrected chi connectivity index (χ3v) is 4.45. The SMILES string of the molecule is COc1ccc(C(=O)NC[C@H]2CC(=O)N(c3ccc(C)cc3)C2)cc1. The summed E-state index contributed by atoms with van der Waals surface area (Å²) in [6, 6.07) is 14.9. The summed E-state index contributed by atoms with van der Waals surface area (Å²) in [6.07, 6.45) is 0.455. The lowest BCUT2D eigenvalue weighted by Gasteiger charge is -2.17. The fourth-order valence-electron chi connectivity index (χ4n) is 2.97. The highest BCUT2D eigenvalue weighted by atomic mass is 16.5. The molecule has 1 fully saturated rings. The molecule has 1 heterocycles. The second-order valence-corrected chi connectivity index (χ2v) is 6.35. The summed E-state index contributed by atoms with van der Waals surface area (Å²) >= 11 is 0. The van der Waals surface area contributed by atoms with Crippen molar-refractivity contribution in [2.24, 2.45) is 5.92 Å². The van der Waals surface area contributed by atoms with Crippen LogP contribution < -0.4 is 15.0 Å². The van der Waals surface area contributed by atoms with Gasteiger partial charge in [0.15, 0.2) is 0 Å². The van der Waals surface area contributed by atoms with Gasteiger partial charge < -0.3 is 15.0 Å². The molecular formula is C20H22N2O3. The summed E-state index contributed by atoms with van der Waals surface area (Å²) < 4.78 is 5.09. The molecule has 2 aromatic rings. The predicted octanol–water partition coefficient (Wildman–Crippen LogP) is 2.79. The van der Waals surface area contributed by atoms with Crippen molar-refractivity contribution in [1.29, 1.82) is 0 Å². The normalized spacial score (nSPS) is 16.8. The monoisotopic (exact) mass is 338 g/mol. The number of amides is 2. The van der Waals surface area contributed by atoms with E-state index in [1.54, 1.807) is 36.3 Å². The van der Waals surface area contributed by atoms with Gasteiger partial charge in [-0.25, -0.2) is 0 Å². The second kappa shape index (κ2) is 7.38. The van der Waals surface area contributed by atoms with E-state index in [-0.39, 0.29) is 17.7 Å². The van der Waals surface area contributed by atoms with Crippen LogP contribution in [-0.2, 0) is 4.79 Å². The van der Waals surface area contributed by atoms with E-state index in [1.165, 1.54) is 5.56 Å². The van der Waals surface area contributed by atoms with Gasteiger partial charge in [-0.1, -0.05) is 17.7 Å². The van der Waals surface area contributed by atoms with E-state index in [4.69, 9.17) is 4.74 Å². The van der Waals surface area contributed by atoms with E-state index in [0.717, 1.165) is 5.69 Å². The number of anilines is 1. The first-order valence-electron chi connectivity index (χ1n) is 8.36. The topological polar surface area (TPSA) is 58.6 Å². The maximum absolute atomic E-state index is 12.3. The Morgan fingerprint density at radius 2 is 1.84 bits per heavy atom. The van der Waals surface area contributed by atoms with Gasteiger partial charge in [-0.15, -0.1) is 0 Å². The van der Waals surface area contributed by atoms with Gasteiger partial charge in [0, 0.05) is 36.7 Å². The van der Waals surface area contributed by atoms with Crippen LogP contribution in [0, 0.1) is 12.8 Å². The minimum absolute atomic E-state index is 0.104. The van der Waals surface area contributed by atoms with Gasteiger partial charge in [-0.3, -0.25) is 9.59 Å². The molecule has 2 aromatic carbocycles. The van der Waals surface area contributed by atoms with E-state index in [1.807, 2.05) is 31.2 Å². The standard InChI is InChI=1S/C20H22N2O3/c1-14-3-7-17(8-4-14)22-13-15(11-19(22)23)12-21-20(24)16-5-9-18(25-2)10-6-16/h3-10,15H,11-13H2,1-2H3,(H,21,24)/t15-/m1/s1. The number of methoxy groups -OCH3 is 1. The zero-order chi connectivity index (χ0) is 17.8. The highest BCUT2D eigenvalue weighted by molar-refractivity contribution is 5.96. The van der Waals surface area contributed by atoms with E-state index in [0.29, 0.717) is 30.8 Å². The van der Waals surface area contributed by atoms with Crippen LogP contribution in [0.4, 0.5) is 5.69 Å². The van der Waals surface area contributed by atoms with Crippen LogP contribution in [0.3, 0.4) is 0 Å². The van der Waals surface area contributed by atoms with Gasteiger partial charge in [-0.05, 0) is 43.3 Å². The number of ether oxygens (including phenoxy) is 1. The van der Waals surface area contributed by atoms with Crippen LogP contribution in [-0.4, -0.2) is 32.0 Å². The molecule has 5 nitrogen and oxygen atoms in total. The molecule has 0 radical (unpaired) electrons. The number of nitrogens with one attached hydrogen (secondary N) is 1. The number of hydrogen-bond donors (Lipinski definition) is 1. The Labute approximate surface area is 147 Å². The van der Waals surface area contributed by atoms with E-state index >= 15 is 0 Å². The molecule has 2 amide bonds. The van der Waals surface area contributed by atoms with Crippen molar-refractivity contribution in [2.45, 2.75) is 13.3 Å². The summed E-state index contributed by atoms with van der Waals surface area (Å²) in [4.78, 5) is 26.3. The van der Waals surface area contributed by atoms with Crippen LogP contribution in [0.25, 0.3) is 0 Å². The lowest BCUT2D eigenvalue weighted by Crippen LogP contribution is -2.31. The molecule has 3 rings (SSSR count). The van der Waals surface area contributed by atoms with Gasteiger partial charge in [0.2, 0.25) is 5.91 Å². The largest absolute Gasteiger partial charge is 0.497 e. The number of hydrogen-bond acceptors (Lipinski definition) is 3. The first kappa shape index (κ1) is 17.0. The van der Waals surface area contributed by atoms with Crippen LogP contribution in [0.5, 0.6) is 5.75 Å². The van der Waals surface area contributed by atoms with Gasteiger partial charge in [0.05, 0.1) is 7.11 Å². The molecule has 1 atom stereocenters. The number of nitrogens with zero attached hydrogens (tertiary/aromatic N) is 1. The zero-order valence-corrected chi connectivity index (χ0v) is 14.5. The summed E-state index contributed by atoms with van der Waals surface area (Å²) in [6.45, 7) is 3.14. The molecular weight excluding hydrogens is 316 g/mol. The Bertz CT molecular complexity index is 754. The van der Waals surface area contributed by atoms with Crippen molar-refractivity contribution >= 4 is 17.5 Å². The third kappa shape index (κ3) is 3.99. The minimum atomic E-state index is -0.135. The summed E-state index contributed by atoms with van der Waals surface area (Å²) in [7, 11) is 1.59. The number of carbonyl (C=O) groups is 2. The quantitative estimate of drug-likeness (QED) is 0.912. The maximum atomic E-state index is 12.3. The van der Waals surface area contributed by atoms with Crippen molar-refractivity contribution in [3.63, 3.8) is 0 Å². The van der Waals surface area contributed by atoms with Crippen LogP contribution in [0.1, 0.15) is 22.3 Å². The molecule has 0 aliphatic carbocycles. The fraction of sp³-hybridized carbons (Fsp3) is 0.300. The van der Waals surface area contributed by atoms with Crippen LogP contribution in [0.2, 0.25) is 0 Å². The average Bonchev–Trinajstić information content (AvgIpc) is 3.01. The third-order valence-electron chi connectivity index (χ3n) is 4.45. The molecule has 1 aliphatic rings. The van der Waals surface area contributed by atoms with Gasteiger partial charge >= 0.3 is 0 Å². The Hall–Kier alpha value is -2.82. The van der Waals surface area contributed by atoms with Gasteiger partial charge in [0.1, 0.15) is 5.75 Å². The van der Waals surface area contributed by atoms with Crippen LogP contribution >= 0.6 is 0 Å². The molecule has 1 N–H and O–H groups in total. The lowest BCUT2D eigenvalue weighted by atomic mass is 10.1. The first-order chi connectivity index (χ1) is 12.1. The molecule has 5 heteroatoms. The predicted molar refractivity (Wildman–Crippen MR) is 97.0 cm³/mol. The van der Waals surface area contributed by atoms with E-state index < -0.39 is 0 Å². The minimum Gasteiger partial charge on any atom is -0.497 e. The zero-order valence-electron chi connectivity index (χ0n) is 14.5. The Balaban J connectivity index is 1.56. The molecule has 0 unspecified atom stereocenters. The summed E-state index contributed by atoms with van der Waals surface area (Å²) in [5.41, 5.74) is 2.67. The van der Waals surface area contributed by atoms with Crippen molar-refractivity contribution in [3.8, 4) is 5.75 Å². The van der Waals surface area contributed by atoms with Crippen molar-refractivity contribution < 1.29 is 14.3 Å². The number of carbonyl (C=O) groups excluding carboxylic acids is 2.